The Hall–Kier alpha value is -0.950. The smallest absolute Gasteiger partial charge is 0.243 e. The van der Waals surface area contributed by atoms with E-state index in [2.05, 4.69) is 13.8 Å². The van der Waals surface area contributed by atoms with E-state index in [1.165, 1.54) is 0 Å². The summed E-state index contributed by atoms with van der Waals surface area (Å²) in [5.74, 6) is 0.217. The van der Waals surface area contributed by atoms with E-state index in [1.807, 2.05) is 12.1 Å². The van der Waals surface area contributed by atoms with Crippen molar-refractivity contribution < 1.29 is 17.9 Å². The zero-order valence-electron chi connectivity index (χ0n) is 14.9. The molecule has 136 valence electrons. The molecule has 0 bridgehead atoms. The molecule has 2 atom stereocenters. The lowest BCUT2D eigenvalue weighted by atomic mass is 9.99. The summed E-state index contributed by atoms with van der Waals surface area (Å²) in [5.41, 5.74) is 0.905. The van der Waals surface area contributed by atoms with Gasteiger partial charge in [0.25, 0.3) is 0 Å². The van der Waals surface area contributed by atoms with Crippen molar-refractivity contribution in [3.05, 3.63) is 29.8 Å². The van der Waals surface area contributed by atoms with Crippen LogP contribution in [0.5, 0.6) is 0 Å². The summed E-state index contributed by atoms with van der Waals surface area (Å²) < 4.78 is 38.6. The Labute approximate surface area is 146 Å². The maximum absolute atomic E-state index is 13.1. The second kappa shape index (κ2) is 8.94. The Morgan fingerprint density at radius 1 is 1.29 bits per heavy atom. The summed E-state index contributed by atoms with van der Waals surface area (Å²) in [6, 6.07) is 7.37. The van der Waals surface area contributed by atoms with Crippen LogP contribution in [0.25, 0.3) is 0 Å². The van der Waals surface area contributed by atoms with Gasteiger partial charge in [0.2, 0.25) is 10.0 Å². The average Bonchev–Trinajstić information content (AvgIpc) is 2.61. The molecule has 0 aromatic heterocycles. The zero-order chi connectivity index (χ0) is 17.6. The normalized spacial score (nSPS) is 20.9. The minimum Gasteiger partial charge on any atom is -0.382 e. The highest BCUT2D eigenvalue weighted by atomic mass is 32.2. The van der Waals surface area contributed by atoms with Crippen LogP contribution in [0, 0.1) is 0 Å². The van der Waals surface area contributed by atoms with E-state index in [0.29, 0.717) is 31.2 Å². The van der Waals surface area contributed by atoms with Gasteiger partial charge in [0, 0.05) is 20.2 Å². The number of piperidine rings is 1. The molecule has 1 fully saturated rings. The Morgan fingerprint density at radius 2 is 2.04 bits per heavy atom. The average molecular weight is 356 g/mol. The van der Waals surface area contributed by atoms with Crippen molar-refractivity contribution in [2.24, 2.45) is 0 Å². The molecule has 24 heavy (non-hydrogen) atoms. The van der Waals surface area contributed by atoms with E-state index in [9.17, 15) is 8.42 Å². The van der Waals surface area contributed by atoms with Crippen LogP contribution in [0.1, 0.15) is 44.6 Å². The van der Waals surface area contributed by atoms with Gasteiger partial charge in [-0.2, -0.15) is 4.31 Å². The number of methoxy groups -OCH3 is 1. The highest BCUT2D eigenvalue weighted by molar-refractivity contribution is 7.89. The molecule has 1 aromatic carbocycles. The molecule has 2 rings (SSSR count). The Morgan fingerprint density at radius 3 is 2.75 bits per heavy atom. The number of benzene rings is 1. The van der Waals surface area contributed by atoms with Crippen molar-refractivity contribution in [1.29, 1.82) is 0 Å². The van der Waals surface area contributed by atoms with Gasteiger partial charge in [-0.05, 0) is 36.8 Å². The fraction of sp³-hybridized carbons (Fsp3) is 0.667. The molecule has 0 amide bonds. The molecule has 5 nitrogen and oxygen atoms in total. The third kappa shape index (κ3) is 4.57. The van der Waals surface area contributed by atoms with Gasteiger partial charge in [-0.25, -0.2) is 8.42 Å². The molecule has 0 N–H and O–H groups in total. The molecule has 1 saturated heterocycles. The first-order valence-corrected chi connectivity index (χ1v) is 10.1. The van der Waals surface area contributed by atoms with Gasteiger partial charge >= 0.3 is 0 Å². The largest absolute Gasteiger partial charge is 0.382 e. The molecule has 1 aromatic rings. The third-order valence-corrected chi connectivity index (χ3v) is 6.60. The van der Waals surface area contributed by atoms with E-state index in [-0.39, 0.29) is 12.0 Å². The minimum atomic E-state index is -3.49. The van der Waals surface area contributed by atoms with Gasteiger partial charge < -0.3 is 9.47 Å². The van der Waals surface area contributed by atoms with E-state index in [0.717, 1.165) is 24.8 Å². The highest BCUT2D eigenvalue weighted by Crippen LogP contribution is 2.30. The topological polar surface area (TPSA) is 55.8 Å². The summed E-state index contributed by atoms with van der Waals surface area (Å²) in [7, 11) is -1.86. The Balaban J connectivity index is 2.18. The number of sulfonamides is 1. The van der Waals surface area contributed by atoms with Gasteiger partial charge in [0.05, 0.1) is 24.2 Å². The first-order chi connectivity index (χ1) is 11.5. The van der Waals surface area contributed by atoms with Crippen molar-refractivity contribution in [3.63, 3.8) is 0 Å². The predicted octanol–water partition coefficient (Wildman–Crippen LogP) is 3.02. The molecular formula is C18H29NO4S. The van der Waals surface area contributed by atoms with Gasteiger partial charge in [-0.1, -0.05) is 32.0 Å². The molecule has 1 aliphatic rings. The van der Waals surface area contributed by atoms with Crippen LogP contribution in [0.2, 0.25) is 0 Å². The summed E-state index contributed by atoms with van der Waals surface area (Å²) in [6.45, 7) is 6.15. The number of rotatable bonds is 8. The molecule has 2 unspecified atom stereocenters. The van der Waals surface area contributed by atoms with Gasteiger partial charge in [-0.3, -0.25) is 0 Å². The fourth-order valence-electron chi connectivity index (χ4n) is 3.04. The molecule has 0 spiro atoms. The van der Waals surface area contributed by atoms with E-state index >= 15 is 0 Å². The van der Waals surface area contributed by atoms with Crippen molar-refractivity contribution in [1.82, 2.24) is 4.31 Å². The minimum absolute atomic E-state index is 0.0561. The van der Waals surface area contributed by atoms with Crippen molar-refractivity contribution in [3.8, 4) is 0 Å². The number of hydrogen-bond donors (Lipinski definition) is 0. The quantitative estimate of drug-likeness (QED) is 0.673. The maximum Gasteiger partial charge on any atom is 0.243 e. The molecule has 1 aliphatic heterocycles. The first kappa shape index (κ1) is 19.4. The molecule has 6 heteroatoms. The van der Waals surface area contributed by atoms with E-state index in [1.54, 1.807) is 23.5 Å². The number of ether oxygens (including phenoxy) is 2. The standard InChI is InChI=1S/C18H29NO4S/c1-4-15(2)17-9-5-6-10-18(17)24(20,21)19-11-7-8-16(14-19)23-13-12-22-3/h5-6,9-10,15-16H,4,7-8,11-14H2,1-3H3. The zero-order valence-corrected chi connectivity index (χ0v) is 15.7. The van der Waals surface area contributed by atoms with Crippen molar-refractivity contribution in [2.75, 3.05) is 33.4 Å². The van der Waals surface area contributed by atoms with Crippen LogP contribution in [0.4, 0.5) is 0 Å². The fourth-order valence-corrected chi connectivity index (χ4v) is 4.87. The van der Waals surface area contributed by atoms with Gasteiger partial charge in [0.15, 0.2) is 0 Å². The van der Waals surface area contributed by atoms with Crippen molar-refractivity contribution >= 4 is 10.0 Å². The third-order valence-electron chi connectivity index (χ3n) is 4.66. The summed E-state index contributed by atoms with van der Waals surface area (Å²) >= 11 is 0. The van der Waals surface area contributed by atoms with Crippen LogP contribution in [-0.2, 0) is 19.5 Å². The lowest BCUT2D eigenvalue weighted by molar-refractivity contribution is -0.00653. The molecule has 1 heterocycles. The second-order valence-corrected chi connectivity index (χ2v) is 8.24. The van der Waals surface area contributed by atoms with E-state index < -0.39 is 10.0 Å². The number of hydrogen-bond acceptors (Lipinski definition) is 4. The van der Waals surface area contributed by atoms with Crippen LogP contribution in [-0.4, -0.2) is 52.2 Å². The summed E-state index contributed by atoms with van der Waals surface area (Å²) in [5, 5.41) is 0. The summed E-state index contributed by atoms with van der Waals surface area (Å²) in [4.78, 5) is 0.442. The Bertz CT molecular complexity index is 617. The highest BCUT2D eigenvalue weighted by Gasteiger charge is 2.32. The molecular weight excluding hydrogens is 326 g/mol. The monoisotopic (exact) mass is 355 g/mol. The first-order valence-electron chi connectivity index (χ1n) is 8.70. The maximum atomic E-state index is 13.1. The predicted molar refractivity (Wildman–Crippen MR) is 94.8 cm³/mol. The van der Waals surface area contributed by atoms with Gasteiger partial charge in [-0.15, -0.1) is 0 Å². The lowest BCUT2D eigenvalue weighted by Gasteiger charge is -2.32. The van der Waals surface area contributed by atoms with Crippen molar-refractivity contribution in [2.45, 2.75) is 50.0 Å². The van der Waals surface area contributed by atoms with Crippen LogP contribution in [0.3, 0.4) is 0 Å². The number of nitrogens with zero attached hydrogens (tertiary/aromatic N) is 1. The second-order valence-electron chi connectivity index (χ2n) is 6.34. The molecule has 0 aliphatic carbocycles. The van der Waals surface area contributed by atoms with Gasteiger partial charge in [0.1, 0.15) is 0 Å². The lowest BCUT2D eigenvalue weighted by Crippen LogP contribution is -2.43. The Kier molecular flexibility index (Phi) is 7.22. The van der Waals surface area contributed by atoms with Crippen LogP contribution >= 0.6 is 0 Å². The molecule has 0 radical (unpaired) electrons. The summed E-state index contributed by atoms with van der Waals surface area (Å²) in [6.07, 6.45) is 2.57. The van der Waals surface area contributed by atoms with Crippen LogP contribution < -0.4 is 0 Å². The molecule has 0 saturated carbocycles. The SMILES string of the molecule is CCC(C)c1ccccc1S(=O)(=O)N1CCCC(OCCOC)C1. The van der Waals surface area contributed by atoms with E-state index in [4.69, 9.17) is 9.47 Å². The van der Waals surface area contributed by atoms with Crippen LogP contribution in [0.15, 0.2) is 29.2 Å².